The van der Waals surface area contributed by atoms with Gasteiger partial charge in [0.05, 0.1) is 5.69 Å². The zero-order chi connectivity index (χ0) is 15.5. The van der Waals surface area contributed by atoms with Crippen molar-refractivity contribution in [2.24, 2.45) is 0 Å². The number of hydrogen-bond donors (Lipinski definition) is 0. The summed E-state index contributed by atoms with van der Waals surface area (Å²) in [7, 11) is 1.71. The molecule has 1 saturated heterocycles. The van der Waals surface area contributed by atoms with Crippen LogP contribution in [-0.2, 0) is 4.79 Å². The monoisotopic (exact) mass is 313 g/mol. The lowest BCUT2D eigenvalue weighted by molar-refractivity contribution is -0.121. The Morgan fingerprint density at radius 2 is 2.27 bits per heavy atom. The Bertz CT molecular complexity index is 708. The largest absolute Gasteiger partial charge is 0.298 e. The Kier molecular flexibility index (Phi) is 4.02. The van der Waals surface area contributed by atoms with Crippen LogP contribution < -0.4 is 4.90 Å². The number of carbonyl (C=O) groups excluding carboxylic acids is 1. The summed E-state index contributed by atoms with van der Waals surface area (Å²) in [5.74, 6) is -0.0744. The zero-order valence-electron chi connectivity index (χ0n) is 12.1. The Labute approximate surface area is 132 Å². The van der Waals surface area contributed by atoms with Crippen molar-refractivity contribution >= 4 is 22.4 Å². The quantitative estimate of drug-likeness (QED) is 0.812. The van der Waals surface area contributed by atoms with Crippen molar-refractivity contribution in [2.75, 3.05) is 18.5 Å². The number of aromatic nitrogens is 2. The van der Waals surface area contributed by atoms with Crippen LogP contribution in [0.2, 0.25) is 0 Å². The third-order valence-electron chi connectivity index (χ3n) is 3.75. The molecule has 1 aliphatic heterocycles. The van der Waals surface area contributed by atoms with Gasteiger partial charge < -0.3 is 0 Å². The maximum Gasteiger partial charge on any atom is 0.251 e. The van der Waals surface area contributed by atoms with Crippen LogP contribution in [-0.4, -0.2) is 40.4 Å². The van der Waals surface area contributed by atoms with E-state index in [1.165, 1.54) is 11.3 Å². The SMILES string of the molecule is CN(C(=O)C1CCCN1C#N)c1nc(-c2ccncc2)cs1. The molecule has 22 heavy (non-hydrogen) atoms. The van der Waals surface area contributed by atoms with Gasteiger partial charge in [0.25, 0.3) is 5.91 Å². The summed E-state index contributed by atoms with van der Waals surface area (Å²) in [6.45, 7) is 0.654. The number of nitrogens with zero attached hydrogens (tertiary/aromatic N) is 5. The molecule has 3 rings (SSSR count). The first-order chi connectivity index (χ1) is 10.7. The van der Waals surface area contributed by atoms with Crippen molar-refractivity contribution < 1.29 is 4.79 Å². The first kappa shape index (κ1) is 14.5. The van der Waals surface area contributed by atoms with E-state index < -0.39 is 0 Å². The second-order valence-corrected chi connectivity index (χ2v) is 5.94. The smallest absolute Gasteiger partial charge is 0.251 e. The minimum absolute atomic E-state index is 0.0744. The molecule has 2 aromatic heterocycles. The molecule has 112 valence electrons. The van der Waals surface area contributed by atoms with E-state index in [9.17, 15) is 4.79 Å². The number of likely N-dealkylation sites (tertiary alicyclic amines) is 1. The lowest BCUT2D eigenvalue weighted by Crippen LogP contribution is -2.42. The summed E-state index contributed by atoms with van der Waals surface area (Å²) in [6, 6.07) is 3.41. The van der Waals surface area contributed by atoms with Crippen LogP contribution in [0, 0.1) is 11.5 Å². The fourth-order valence-corrected chi connectivity index (χ4v) is 3.34. The molecule has 0 spiro atoms. The average molecular weight is 313 g/mol. The normalized spacial score (nSPS) is 17.3. The molecule has 0 bridgehead atoms. The van der Waals surface area contributed by atoms with Gasteiger partial charge in [-0.1, -0.05) is 0 Å². The fourth-order valence-electron chi connectivity index (χ4n) is 2.53. The average Bonchev–Trinajstić information content (AvgIpc) is 3.23. The number of thiazole rings is 1. The van der Waals surface area contributed by atoms with Crippen molar-refractivity contribution in [3.05, 3.63) is 29.9 Å². The highest BCUT2D eigenvalue weighted by Gasteiger charge is 2.33. The maximum absolute atomic E-state index is 12.6. The van der Waals surface area contributed by atoms with Crippen LogP contribution in [0.15, 0.2) is 29.9 Å². The Morgan fingerprint density at radius 3 is 3.00 bits per heavy atom. The van der Waals surface area contributed by atoms with E-state index in [0.717, 1.165) is 24.1 Å². The van der Waals surface area contributed by atoms with Gasteiger partial charge in [0.1, 0.15) is 6.04 Å². The van der Waals surface area contributed by atoms with Gasteiger partial charge in [-0.2, -0.15) is 5.26 Å². The van der Waals surface area contributed by atoms with E-state index >= 15 is 0 Å². The van der Waals surface area contributed by atoms with Gasteiger partial charge in [0.15, 0.2) is 11.3 Å². The van der Waals surface area contributed by atoms with E-state index in [1.54, 1.807) is 29.2 Å². The number of amides is 1. The molecule has 1 aliphatic rings. The van der Waals surface area contributed by atoms with Gasteiger partial charge in [-0.25, -0.2) is 4.98 Å². The lowest BCUT2D eigenvalue weighted by Gasteiger charge is -2.22. The van der Waals surface area contributed by atoms with Crippen molar-refractivity contribution in [1.29, 1.82) is 5.26 Å². The third-order valence-corrected chi connectivity index (χ3v) is 4.67. The third kappa shape index (κ3) is 2.65. The van der Waals surface area contributed by atoms with Gasteiger partial charge in [-0.05, 0) is 25.0 Å². The second kappa shape index (κ2) is 6.12. The minimum atomic E-state index is -0.358. The Balaban J connectivity index is 1.78. The van der Waals surface area contributed by atoms with Crippen LogP contribution in [0.3, 0.4) is 0 Å². The molecule has 1 amide bonds. The number of likely N-dealkylation sites (N-methyl/N-ethyl adjacent to an activating group) is 1. The number of pyridine rings is 1. The van der Waals surface area contributed by atoms with E-state index in [2.05, 4.69) is 16.2 Å². The number of hydrogen-bond acceptors (Lipinski definition) is 6. The fraction of sp³-hybridized carbons (Fsp3) is 0.333. The topological polar surface area (TPSA) is 73.1 Å². The Hall–Kier alpha value is -2.46. The molecule has 1 atom stereocenters. The van der Waals surface area contributed by atoms with Crippen LogP contribution in [0.5, 0.6) is 0 Å². The predicted molar refractivity (Wildman–Crippen MR) is 84.1 cm³/mol. The number of anilines is 1. The van der Waals surface area contributed by atoms with Crippen molar-refractivity contribution in [3.8, 4) is 17.5 Å². The predicted octanol–water partition coefficient (Wildman–Crippen LogP) is 2.11. The van der Waals surface area contributed by atoms with Crippen LogP contribution in [0.25, 0.3) is 11.3 Å². The summed E-state index contributed by atoms with van der Waals surface area (Å²) in [5, 5.41) is 11.6. The summed E-state index contributed by atoms with van der Waals surface area (Å²) in [4.78, 5) is 24.2. The molecule has 1 fully saturated rings. The van der Waals surface area contributed by atoms with E-state index in [-0.39, 0.29) is 11.9 Å². The molecular formula is C15H15N5OS. The summed E-state index contributed by atoms with van der Waals surface area (Å²) in [6.07, 6.45) is 7.12. The van der Waals surface area contributed by atoms with Crippen molar-refractivity contribution in [1.82, 2.24) is 14.9 Å². The molecule has 0 N–H and O–H groups in total. The molecule has 0 aliphatic carbocycles. The Morgan fingerprint density at radius 1 is 1.50 bits per heavy atom. The molecule has 0 saturated carbocycles. The molecule has 0 radical (unpaired) electrons. The van der Waals surface area contributed by atoms with E-state index in [4.69, 9.17) is 5.26 Å². The molecule has 3 heterocycles. The standard InChI is InChI=1S/C15H15N5OS/c1-19(14(21)13-3-2-8-20(13)10-16)15-18-12(9-22-15)11-4-6-17-7-5-11/h4-7,9,13H,2-3,8H2,1H3. The molecule has 0 aromatic carbocycles. The van der Waals surface area contributed by atoms with Gasteiger partial charge in [0.2, 0.25) is 0 Å². The number of rotatable bonds is 3. The van der Waals surface area contributed by atoms with Gasteiger partial charge in [-0.3, -0.25) is 19.6 Å². The molecular weight excluding hydrogens is 298 g/mol. The first-order valence-corrected chi connectivity index (χ1v) is 7.88. The maximum atomic E-state index is 12.6. The first-order valence-electron chi connectivity index (χ1n) is 7.00. The van der Waals surface area contributed by atoms with Crippen LogP contribution in [0.1, 0.15) is 12.8 Å². The highest BCUT2D eigenvalue weighted by molar-refractivity contribution is 7.14. The lowest BCUT2D eigenvalue weighted by atomic mass is 10.2. The summed E-state index contributed by atoms with van der Waals surface area (Å²) >= 11 is 1.42. The number of carbonyl (C=O) groups is 1. The molecule has 1 unspecified atom stereocenters. The molecule has 6 nitrogen and oxygen atoms in total. The van der Waals surface area contributed by atoms with E-state index in [0.29, 0.717) is 11.7 Å². The van der Waals surface area contributed by atoms with Crippen molar-refractivity contribution in [2.45, 2.75) is 18.9 Å². The summed E-state index contributed by atoms with van der Waals surface area (Å²) < 4.78 is 0. The molecule has 2 aromatic rings. The second-order valence-electron chi connectivity index (χ2n) is 5.10. The highest BCUT2D eigenvalue weighted by atomic mass is 32.1. The van der Waals surface area contributed by atoms with Crippen molar-refractivity contribution in [3.63, 3.8) is 0 Å². The van der Waals surface area contributed by atoms with Crippen LogP contribution in [0.4, 0.5) is 5.13 Å². The van der Waals surface area contributed by atoms with Gasteiger partial charge in [-0.15, -0.1) is 11.3 Å². The zero-order valence-corrected chi connectivity index (χ0v) is 13.0. The minimum Gasteiger partial charge on any atom is -0.298 e. The van der Waals surface area contributed by atoms with Gasteiger partial charge in [0, 0.05) is 36.9 Å². The highest BCUT2D eigenvalue weighted by Crippen LogP contribution is 2.28. The van der Waals surface area contributed by atoms with Crippen LogP contribution >= 0.6 is 11.3 Å². The number of nitriles is 1. The van der Waals surface area contributed by atoms with E-state index in [1.807, 2.05) is 17.5 Å². The van der Waals surface area contributed by atoms with Gasteiger partial charge >= 0.3 is 0 Å². The summed E-state index contributed by atoms with van der Waals surface area (Å²) in [5.41, 5.74) is 1.79. The molecule has 7 heteroatoms.